The van der Waals surface area contributed by atoms with E-state index in [0.717, 1.165) is 16.3 Å². The highest BCUT2D eigenvalue weighted by Crippen LogP contribution is 2.11. The summed E-state index contributed by atoms with van der Waals surface area (Å²) >= 11 is 1.49. The van der Waals surface area contributed by atoms with Gasteiger partial charge in [0.2, 0.25) is 0 Å². The number of carbonyl (C=O) groups is 1. The second-order valence-corrected chi connectivity index (χ2v) is 3.33. The molecule has 0 aromatic carbocycles. The monoisotopic (exact) mass is 195 g/mol. The molecule has 0 fully saturated rings. The van der Waals surface area contributed by atoms with Gasteiger partial charge in [0.1, 0.15) is 0 Å². The Bertz CT molecular complexity index is 359. The molecule has 1 heterocycles. The summed E-state index contributed by atoms with van der Waals surface area (Å²) in [4.78, 5) is 15.5. The van der Waals surface area contributed by atoms with Gasteiger partial charge in [-0.1, -0.05) is 6.92 Å². The molecule has 0 aliphatic carbocycles. The number of hydrogen-bond acceptors (Lipinski definition) is 4. The lowest BCUT2D eigenvalue weighted by molar-refractivity contribution is -0.133. The first-order valence-electron chi connectivity index (χ1n) is 3.81. The third kappa shape index (κ3) is 2.88. The van der Waals surface area contributed by atoms with Crippen molar-refractivity contribution in [2.75, 3.05) is 7.11 Å². The molecule has 1 aromatic rings. The molecule has 0 amide bonds. The van der Waals surface area contributed by atoms with Crippen LogP contribution in [0.4, 0.5) is 0 Å². The van der Waals surface area contributed by atoms with Crippen LogP contribution in [0.2, 0.25) is 0 Å². The standard InChI is InChI=1S/C9H9NO2S/c1-3-8-10-6-7(13-8)4-5-9(11)12-2/h6H,3H2,1-2H3. The van der Waals surface area contributed by atoms with Gasteiger partial charge in [-0.2, -0.15) is 0 Å². The number of esters is 1. The average molecular weight is 195 g/mol. The maximum absolute atomic E-state index is 10.6. The zero-order valence-electron chi connectivity index (χ0n) is 7.46. The van der Waals surface area contributed by atoms with Crippen molar-refractivity contribution in [3.63, 3.8) is 0 Å². The number of rotatable bonds is 1. The summed E-state index contributed by atoms with van der Waals surface area (Å²) in [5.41, 5.74) is 0. The van der Waals surface area contributed by atoms with Crippen molar-refractivity contribution in [2.24, 2.45) is 0 Å². The molecule has 0 aliphatic rings. The summed E-state index contributed by atoms with van der Waals surface area (Å²) in [6.45, 7) is 2.02. The zero-order chi connectivity index (χ0) is 9.68. The molecular formula is C9H9NO2S. The molecule has 0 saturated heterocycles. The molecule has 1 rings (SSSR count). The van der Waals surface area contributed by atoms with Gasteiger partial charge in [-0.3, -0.25) is 0 Å². The maximum Gasteiger partial charge on any atom is 0.384 e. The number of aromatic nitrogens is 1. The zero-order valence-corrected chi connectivity index (χ0v) is 8.27. The van der Waals surface area contributed by atoms with Crippen LogP contribution in [0.3, 0.4) is 0 Å². The Morgan fingerprint density at radius 3 is 3.08 bits per heavy atom. The largest absolute Gasteiger partial charge is 0.459 e. The van der Waals surface area contributed by atoms with E-state index in [1.54, 1.807) is 6.20 Å². The maximum atomic E-state index is 10.6. The third-order valence-corrected chi connectivity index (χ3v) is 2.39. The highest BCUT2D eigenvalue weighted by atomic mass is 32.1. The van der Waals surface area contributed by atoms with Gasteiger partial charge < -0.3 is 4.74 Å². The normalized spacial score (nSPS) is 8.77. The minimum atomic E-state index is -0.522. The van der Waals surface area contributed by atoms with Crippen molar-refractivity contribution < 1.29 is 9.53 Å². The lowest BCUT2D eigenvalue weighted by atomic mass is 10.5. The first-order chi connectivity index (χ1) is 6.26. The van der Waals surface area contributed by atoms with Crippen molar-refractivity contribution in [3.8, 4) is 11.8 Å². The minimum absolute atomic E-state index is 0.522. The molecule has 0 radical (unpaired) electrons. The van der Waals surface area contributed by atoms with Crippen LogP contribution < -0.4 is 0 Å². The van der Waals surface area contributed by atoms with Crippen LogP contribution in [0.25, 0.3) is 0 Å². The Hall–Kier alpha value is -1.34. The number of ether oxygens (including phenoxy) is 1. The second kappa shape index (κ2) is 4.63. The van der Waals surface area contributed by atoms with E-state index in [4.69, 9.17) is 0 Å². The first kappa shape index (κ1) is 9.75. The summed E-state index contributed by atoms with van der Waals surface area (Å²) in [5, 5.41) is 1.02. The quantitative estimate of drug-likeness (QED) is 0.500. The molecule has 68 valence electrons. The highest BCUT2D eigenvalue weighted by Gasteiger charge is 1.96. The minimum Gasteiger partial charge on any atom is -0.459 e. The lowest BCUT2D eigenvalue weighted by Gasteiger charge is -1.83. The molecule has 0 spiro atoms. The predicted octanol–water partition coefficient (Wildman–Crippen LogP) is 1.23. The van der Waals surface area contributed by atoms with Crippen molar-refractivity contribution in [1.82, 2.24) is 4.98 Å². The fourth-order valence-electron chi connectivity index (χ4n) is 0.695. The fraction of sp³-hybridized carbons (Fsp3) is 0.333. The van der Waals surface area contributed by atoms with Crippen LogP contribution in [0.5, 0.6) is 0 Å². The molecule has 13 heavy (non-hydrogen) atoms. The van der Waals surface area contributed by atoms with E-state index < -0.39 is 5.97 Å². The number of thiazole rings is 1. The molecule has 0 N–H and O–H groups in total. The number of methoxy groups -OCH3 is 1. The lowest BCUT2D eigenvalue weighted by Crippen LogP contribution is -1.93. The predicted molar refractivity (Wildman–Crippen MR) is 50.4 cm³/mol. The van der Waals surface area contributed by atoms with E-state index in [1.807, 2.05) is 6.92 Å². The molecule has 0 atom stereocenters. The van der Waals surface area contributed by atoms with Crippen LogP contribution in [0, 0.1) is 11.8 Å². The van der Waals surface area contributed by atoms with E-state index in [0.29, 0.717) is 0 Å². The van der Waals surface area contributed by atoms with Crippen LogP contribution in [-0.2, 0) is 16.0 Å². The second-order valence-electron chi connectivity index (χ2n) is 2.21. The highest BCUT2D eigenvalue weighted by molar-refractivity contribution is 7.12. The smallest absolute Gasteiger partial charge is 0.384 e. The number of nitrogens with zero attached hydrogens (tertiary/aromatic N) is 1. The van der Waals surface area contributed by atoms with Crippen molar-refractivity contribution >= 4 is 17.3 Å². The van der Waals surface area contributed by atoms with Crippen molar-refractivity contribution in [3.05, 3.63) is 16.1 Å². The Morgan fingerprint density at radius 1 is 1.77 bits per heavy atom. The van der Waals surface area contributed by atoms with Gasteiger partial charge in [0, 0.05) is 5.92 Å². The Balaban J connectivity index is 2.72. The topological polar surface area (TPSA) is 39.2 Å². The SMILES string of the molecule is CCc1ncc(C#CC(=O)OC)s1. The molecule has 0 saturated carbocycles. The summed E-state index contributed by atoms with van der Waals surface area (Å²) in [6, 6.07) is 0. The Labute approximate surface area is 80.8 Å². The van der Waals surface area contributed by atoms with Gasteiger partial charge in [0.15, 0.2) is 0 Å². The van der Waals surface area contributed by atoms with Crippen LogP contribution in [0.15, 0.2) is 6.20 Å². The van der Waals surface area contributed by atoms with Gasteiger partial charge >= 0.3 is 5.97 Å². The van der Waals surface area contributed by atoms with Gasteiger partial charge in [0.25, 0.3) is 0 Å². The molecular weight excluding hydrogens is 186 g/mol. The fourth-order valence-corrected chi connectivity index (χ4v) is 1.41. The number of carbonyl (C=O) groups excluding carboxylic acids is 1. The van der Waals surface area contributed by atoms with E-state index in [-0.39, 0.29) is 0 Å². The average Bonchev–Trinajstić information content (AvgIpc) is 2.61. The van der Waals surface area contributed by atoms with Gasteiger partial charge in [0.05, 0.1) is 23.2 Å². The molecule has 0 aliphatic heterocycles. The Kier molecular flexibility index (Phi) is 3.47. The summed E-state index contributed by atoms with van der Waals surface area (Å²) < 4.78 is 4.38. The van der Waals surface area contributed by atoms with Crippen LogP contribution in [0.1, 0.15) is 16.8 Å². The molecule has 3 nitrogen and oxygen atoms in total. The van der Waals surface area contributed by atoms with Crippen molar-refractivity contribution in [2.45, 2.75) is 13.3 Å². The first-order valence-corrected chi connectivity index (χ1v) is 4.62. The molecule has 0 bridgehead atoms. The van der Waals surface area contributed by atoms with E-state index in [2.05, 4.69) is 21.6 Å². The van der Waals surface area contributed by atoms with Gasteiger partial charge in [-0.05, 0) is 12.3 Å². The van der Waals surface area contributed by atoms with Gasteiger partial charge in [-0.15, -0.1) is 11.3 Å². The summed E-state index contributed by atoms with van der Waals surface area (Å²) in [6.07, 6.45) is 2.56. The van der Waals surface area contributed by atoms with E-state index in [9.17, 15) is 4.79 Å². The summed E-state index contributed by atoms with van der Waals surface area (Å²) in [5.74, 6) is 4.51. The molecule has 4 heteroatoms. The van der Waals surface area contributed by atoms with Crippen LogP contribution >= 0.6 is 11.3 Å². The van der Waals surface area contributed by atoms with Gasteiger partial charge in [-0.25, -0.2) is 9.78 Å². The summed E-state index contributed by atoms with van der Waals surface area (Å²) in [7, 11) is 1.31. The number of hydrogen-bond donors (Lipinski definition) is 0. The van der Waals surface area contributed by atoms with Crippen molar-refractivity contribution in [1.29, 1.82) is 0 Å². The molecule has 1 aromatic heterocycles. The van der Waals surface area contributed by atoms with E-state index >= 15 is 0 Å². The molecule has 0 unspecified atom stereocenters. The van der Waals surface area contributed by atoms with E-state index in [1.165, 1.54) is 18.4 Å². The van der Waals surface area contributed by atoms with Crippen LogP contribution in [-0.4, -0.2) is 18.1 Å². The number of aryl methyl sites for hydroxylation is 1. The third-order valence-electron chi connectivity index (χ3n) is 1.33. The Morgan fingerprint density at radius 2 is 2.54 bits per heavy atom.